The van der Waals surface area contributed by atoms with Crippen molar-refractivity contribution in [1.29, 1.82) is 0 Å². The lowest BCUT2D eigenvalue weighted by molar-refractivity contribution is -0.115. The van der Waals surface area contributed by atoms with Gasteiger partial charge in [0.05, 0.1) is 22.2 Å². The van der Waals surface area contributed by atoms with Crippen molar-refractivity contribution in [3.05, 3.63) is 46.3 Å². The molecule has 0 saturated heterocycles. The maximum atomic E-state index is 12.8. The minimum Gasteiger partial charge on any atom is -0.451 e. The van der Waals surface area contributed by atoms with Gasteiger partial charge in [0.2, 0.25) is 11.7 Å². The van der Waals surface area contributed by atoms with Crippen LogP contribution in [0, 0.1) is 13.8 Å². The molecule has 8 heteroatoms. The number of hydrogen-bond acceptors (Lipinski definition) is 6. The molecule has 1 aliphatic rings. The van der Waals surface area contributed by atoms with E-state index in [1.807, 2.05) is 0 Å². The summed E-state index contributed by atoms with van der Waals surface area (Å²) in [7, 11) is 0. The van der Waals surface area contributed by atoms with E-state index in [9.17, 15) is 19.2 Å². The van der Waals surface area contributed by atoms with Crippen LogP contribution in [0.5, 0.6) is 0 Å². The molecule has 0 radical (unpaired) electrons. The molecule has 2 unspecified atom stereocenters. The largest absolute Gasteiger partial charge is 0.451 e. The Morgan fingerprint density at radius 2 is 1.90 bits per heavy atom. The van der Waals surface area contributed by atoms with E-state index < -0.39 is 17.9 Å². The highest BCUT2D eigenvalue weighted by Gasteiger charge is 2.28. The third-order valence-electron chi connectivity index (χ3n) is 4.84. The number of benzene rings is 1. The fraction of sp³-hybridized carbons (Fsp3) is 0.333. The quantitative estimate of drug-likeness (QED) is 0.571. The SMILES string of the molecule is CC(=O)c1c(C)[nH]c(C(=O)C(C)OC(=O)c2ccc3c(c2)NC(=O)C(C)S3)c1C. The summed E-state index contributed by atoms with van der Waals surface area (Å²) in [6.45, 7) is 8.14. The van der Waals surface area contributed by atoms with Crippen LogP contribution >= 0.6 is 11.8 Å². The van der Waals surface area contributed by atoms with Gasteiger partial charge in [-0.05, 0) is 58.4 Å². The second kappa shape index (κ2) is 7.87. The molecule has 1 aliphatic heterocycles. The van der Waals surface area contributed by atoms with Gasteiger partial charge in [-0.25, -0.2) is 4.79 Å². The average Bonchev–Trinajstić information content (AvgIpc) is 2.95. The van der Waals surface area contributed by atoms with Gasteiger partial charge in [0.1, 0.15) is 0 Å². The van der Waals surface area contributed by atoms with Crippen LogP contribution in [-0.4, -0.2) is 39.8 Å². The predicted octanol–water partition coefficient (Wildman–Crippen LogP) is 3.70. The molecule has 0 fully saturated rings. The summed E-state index contributed by atoms with van der Waals surface area (Å²) in [5.41, 5.74) is 2.68. The maximum Gasteiger partial charge on any atom is 0.338 e. The number of hydrogen-bond donors (Lipinski definition) is 2. The van der Waals surface area contributed by atoms with Gasteiger partial charge in [0, 0.05) is 16.2 Å². The lowest BCUT2D eigenvalue weighted by Gasteiger charge is -2.21. The first kappa shape index (κ1) is 20.9. The first-order valence-electron chi connectivity index (χ1n) is 9.17. The van der Waals surface area contributed by atoms with Crippen LogP contribution in [0.1, 0.15) is 63.2 Å². The van der Waals surface area contributed by atoms with Crippen LogP contribution in [0.3, 0.4) is 0 Å². The molecule has 2 heterocycles. The molecule has 0 saturated carbocycles. The van der Waals surface area contributed by atoms with Crippen molar-refractivity contribution in [2.45, 2.75) is 50.9 Å². The zero-order valence-corrected chi connectivity index (χ0v) is 17.7. The van der Waals surface area contributed by atoms with Gasteiger partial charge in [-0.15, -0.1) is 11.8 Å². The van der Waals surface area contributed by atoms with E-state index in [1.165, 1.54) is 25.6 Å². The Morgan fingerprint density at radius 3 is 2.52 bits per heavy atom. The number of rotatable bonds is 5. The van der Waals surface area contributed by atoms with Gasteiger partial charge in [-0.1, -0.05) is 0 Å². The number of ketones is 2. The van der Waals surface area contributed by atoms with Crippen molar-refractivity contribution in [3.8, 4) is 0 Å². The third kappa shape index (κ3) is 3.98. The number of aromatic nitrogens is 1. The number of fused-ring (bicyclic) bond motifs is 1. The number of nitrogens with one attached hydrogen (secondary N) is 2. The molecule has 2 atom stereocenters. The zero-order chi connectivity index (χ0) is 21.5. The summed E-state index contributed by atoms with van der Waals surface area (Å²) in [5.74, 6) is -1.35. The molecule has 1 aromatic heterocycles. The zero-order valence-electron chi connectivity index (χ0n) is 16.8. The van der Waals surface area contributed by atoms with Crippen molar-refractivity contribution in [3.63, 3.8) is 0 Å². The Hall–Kier alpha value is -2.87. The van der Waals surface area contributed by atoms with Crippen molar-refractivity contribution >= 4 is 40.9 Å². The molecule has 29 heavy (non-hydrogen) atoms. The highest BCUT2D eigenvalue weighted by atomic mass is 32.2. The predicted molar refractivity (Wildman–Crippen MR) is 110 cm³/mol. The van der Waals surface area contributed by atoms with Crippen LogP contribution in [0.4, 0.5) is 5.69 Å². The number of thioether (sulfide) groups is 1. The summed E-state index contributed by atoms with van der Waals surface area (Å²) < 4.78 is 5.34. The maximum absolute atomic E-state index is 12.8. The lowest BCUT2D eigenvalue weighted by atomic mass is 10.0. The van der Waals surface area contributed by atoms with E-state index in [0.717, 1.165) is 4.90 Å². The van der Waals surface area contributed by atoms with Crippen LogP contribution in [0.2, 0.25) is 0 Å². The Bertz CT molecular complexity index is 1040. The normalized spacial score (nSPS) is 16.6. The number of aryl methyl sites for hydroxylation is 1. The van der Waals surface area contributed by atoms with E-state index >= 15 is 0 Å². The van der Waals surface area contributed by atoms with E-state index in [4.69, 9.17) is 4.74 Å². The first-order chi connectivity index (χ1) is 13.6. The van der Waals surface area contributed by atoms with Gasteiger partial charge in [-0.2, -0.15) is 0 Å². The highest BCUT2D eigenvalue weighted by molar-refractivity contribution is 8.00. The number of Topliss-reactive ketones (excluding diaryl/α,β-unsaturated/α-hetero) is 2. The Balaban J connectivity index is 1.77. The van der Waals surface area contributed by atoms with Crippen LogP contribution in [0.25, 0.3) is 0 Å². The van der Waals surface area contributed by atoms with Gasteiger partial charge in [-0.3, -0.25) is 14.4 Å². The minimum absolute atomic E-state index is 0.129. The molecular formula is C21H22N2O5S. The summed E-state index contributed by atoms with van der Waals surface area (Å²) in [6, 6.07) is 4.90. The molecular weight excluding hydrogens is 392 g/mol. The van der Waals surface area contributed by atoms with Gasteiger partial charge in [0.15, 0.2) is 11.9 Å². The third-order valence-corrected chi connectivity index (χ3v) is 6.01. The lowest BCUT2D eigenvalue weighted by Crippen LogP contribution is -2.27. The molecule has 3 rings (SSSR count). The van der Waals surface area contributed by atoms with Gasteiger partial charge >= 0.3 is 5.97 Å². The topological polar surface area (TPSA) is 105 Å². The number of esters is 1. The monoisotopic (exact) mass is 414 g/mol. The fourth-order valence-corrected chi connectivity index (χ4v) is 4.28. The number of aromatic amines is 1. The summed E-state index contributed by atoms with van der Waals surface area (Å²) >= 11 is 1.41. The van der Waals surface area contributed by atoms with Crippen LogP contribution in [-0.2, 0) is 9.53 Å². The van der Waals surface area contributed by atoms with Crippen molar-refractivity contribution in [2.24, 2.45) is 0 Å². The Kier molecular flexibility index (Phi) is 5.66. The van der Waals surface area contributed by atoms with Crippen molar-refractivity contribution in [2.75, 3.05) is 5.32 Å². The molecule has 152 valence electrons. The van der Waals surface area contributed by atoms with Gasteiger partial charge in [0.25, 0.3) is 0 Å². The number of carbonyl (C=O) groups is 4. The van der Waals surface area contributed by atoms with E-state index in [2.05, 4.69) is 10.3 Å². The number of carbonyl (C=O) groups excluding carboxylic acids is 4. The van der Waals surface area contributed by atoms with Gasteiger partial charge < -0.3 is 15.0 Å². The number of ether oxygens (including phenoxy) is 1. The molecule has 0 bridgehead atoms. The smallest absolute Gasteiger partial charge is 0.338 e. The van der Waals surface area contributed by atoms with E-state index in [0.29, 0.717) is 22.5 Å². The second-order valence-corrected chi connectivity index (χ2v) is 8.44. The molecule has 1 aromatic carbocycles. The Labute approximate surface area is 172 Å². The highest BCUT2D eigenvalue weighted by Crippen LogP contribution is 2.36. The number of H-pyrrole nitrogens is 1. The summed E-state index contributed by atoms with van der Waals surface area (Å²) in [4.78, 5) is 52.7. The molecule has 7 nitrogen and oxygen atoms in total. The van der Waals surface area contributed by atoms with Crippen molar-refractivity contribution in [1.82, 2.24) is 4.98 Å². The average molecular weight is 414 g/mol. The van der Waals surface area contributed by atoms with Crippen LogP contribution in [0.15, 0.2) is 23.1 Å². The van der Waals surface area contributed by atoms with E-state index in [1.54, 1.807) is 39.0 Å². The number of anilines is 1. The molecule has 2 aromatic rings. The Morgan fingerprint density at radius 1 is 1.21 bits per heavy atom. The first-order valence-corrected chi connectivity index (χ1v) is 10.0. The number of amides is 1. The molecule has 1 amide bonds. The summed E-state index contributed by atoms with van der Waals surface area (Å²) in [6.07, 6.45) is -1.04. The second-order valence-electron chi connectivity index (χ2n) is 7.05. The molecule has 0 aliphatic carbocycles. The molecule has 0 spiro atoms. The van der Waals surface area contributed by atoms with Crippen molar-refractivity contribution < 1.29 is 23.9 Å². The summed E-state index contributed by atoms with van der Waals surface area (Å²) in [5, 5.41) is 2.56. The van der Waals surface area contributed by atoms with E-state index in [-0.39, 0.29) is 28.2 Å². The standard InChI is InChI=1S/C21H22N2O5S/c1-9-17(11(3)24)10(2)22-18(9)19(25)12(4)28-21(27)14-6-7-16-15(8-14)23-20(26)13(5)29-16/h6-8,12-13,22H,1-5H3,(H,23,26). The minimum atomic E-state index is -1.04. The molecule has 2 N–H and O–H groups in total. The van der Waals surface area contributed by atoms with Crippen LogP contribution < -0.4 is 5.32 Å². The fourth-order valence-electron chi connectivity index (χ4n) is 3.35.